The minimum absolute atomic E-state index is 0.0701. The number of nitrogens with zero attached hydrogens (tertiary/aromatic N) is 1. The molecule has 0 atom stereocenters. The predicted molar refractivity (Wildman–Crippen MR) is 106 cm³/mol. The van der Waals surface area contributed by atoms with Gasteiger partial charge < -0.3 is 10.1 Å². The summed E-state index contributed by atoms with van der Waals surface area (Å²) in [6.07, 6.45) is 1.38. The molecule has 1 aliphatic heterocycles. The lowest BCUT2D eigenvalue weighted by molar-refractivity contribution is -0.121. The van der Waals surface area contributed by atoms with Crippen LogP contribution in [0.4, 0.5) is 10.1 Å². The summed E-state index contributed by atoms with van der Waals surface area (Å²) in [6.45, 7) is 1.92. The Morgan fingerprint density at radius 2 is 1.96 bits per heavy atom. The molecule has 1 fully saturated rings. The Kier molecular flexibility index (Phi) is 6.65. The van der Waals surface area contributed by atoms with Crippen LogP contribution in [0.25, 0.3) is 0 Å². The van der Waals surface area contributed by atoms with Gasteiger partial charge in [0.25, 0.3) is 0 Å². The van der Waals surface area contributed by atoms with Crippen molar-refractivity contribution in [1.82, 2.24) is 4.90 Å². The van der Waals surface area contributed by atoms with Crippen LogP contribution >= 0.6 is 11.6 Å². The van der Waals surface area contributed by atoms with Gasteiger partial charge in [-0.05, 0) is 56.3 Å². The van der Waals surface area contributed by atoms with Crippen molar-refractivity contribution in [2.45, 2.75) is 19.4 Å². The Hall–Kier alpha value is -2.44. The smallest absolute Gasteiger partial charge is 0.337 e. The number of hydrogen-bond acceptors (Lipinski definition) is 4. The van der Waals surface area contributed by atoms with E-state index in [1.807, 2.05) is 0 Å². The van der Waals surface area contributed by atoms with E-state index in [-0.39, 0.29) is 17.6 Å². The Labute approximate surface area is 168 Å². The number of piperidine rings is 1. The van der Waals surface area contributed by atoms with Gasteiger partial charge in [0.15, 0.2) is 0 Å². The first-order chi connectivity index (χ1) is 13.5. The lowest BCUT2D eigenvalue weighted by Gasteiger charge is -2.31. The Bertz CT molecular complexity index is 866. The van der Waals surface area contributed by atoms with Crippen LogP contribution in [-0.4, -0.2) is 37.0 Å². The maximum Gasteiger partial charge on any atom is 0.337 e. The van der Waals surface area contributed by atoms with Crippen molar-refractivity contribution in [3.05, 3.63) is 64.4 Å². The molecule has 0 aliphatic carbocycles. The van der Waals surface area contributed by atoms with Crippen LogP contribution in [0, 0.1) is 11.7 Å². The lowest BCUT2D eigenvalue weighted by Crippen LogP contribution is -2.37. The Morgan fingerprint density at radius 3 is 2.64 bits per heavy atom. The molecule has 28 heavy (non-hydrogen) atoms. The van der Waals surface area contributed by atoms with Gasteiger partial charge in [0.05, 0.1) is 12.7 Å². The van der Waals surface area contributed by atoms with Crippen LogP contribution in [0.1, 0.15) is 28.8 Å². The van der Waals surface area contributed by atoms with Gasteiger partial charge in [0.1, 0.15) is 5.82 Å². The highest BCUT2D eigenvalue weighted by Gasteiger charge is 2.25. The number of carbonyl (C=O) groups is 2. The zero-order valence-electron chi connectivity index (χ0n) is 15.6. The van der Waals surface area contributed by atoms with Gasteiger partial charge in [-0.2, -0.15) is 0 Å². The molecule has 1 amide bonds. The van der Waals surface area contributed by atoms with Crippen molar-refractivity contribution in [1.29, 1.82) is 0 Å². The van der Waals surface area contributed by atoms with Crippen molar-refractivity contribution in [2.75, 3.05) is 25.5 Å². The number of ether oxygens (including phenoxy) is 1. The minimum Gasteiger partial charge on any atom is -0.465 e. The third kappa shape index (κ3) is 5.09. The standard InChI is InChI=1S/C21H22ClFN2O3/c1-28-21(27)15-3-2-4-18(11-15)24-20(26)14-7-9-25(10-8-14)13-16-5-6-17(22)12-19(16)23/h2-6,11-12,14H,7-10,13H2,1H3,(H,24,26). The van der Waals surface area contributed by atoms with E-state index in [9.17, 15) is 14.0 Å². The van der Waals surface area contributed by atoms with Gasteiger partial charge in [-0.1, -0.05) is 23.7 Å². The van der Waals surface area contributed by atoms with Gasteiger partial charge in [-0.25, -0.2) is 9.18 Å². The van der Waals surface area contributed by atoms with Crippen molar-refractivity contribution in [3.8, 4) is 0 Å². The summed E-state index contributed by atoms with van der Waals surface area (Å²) in [5.74, 6) is -0.941. The molecule has 0 saturated carbocycles. The highest BCUT2D eigenvalue weighted by molar-refractivity contribution is 6.30. The maximum atomic E-state index is 14.0. The fourth-order valence-corrected chi connectivity index (χ4v) is 3.49. The second kappa shape index (κ2) is 9.17. The van der Waals surface area contributed by atoms with E-state index >= 15 is 0 Å². The van der Waals surface area contributed by atoms with Gasteiger partial charge in [0, 0.05) is 28.7 Å². The molecule has 0 radical (unpaired) electrons. The fraction of sp³-hybridized carbons (Fsp3) is 0.333. The minimum atomic E-state index is -0.446. The van der Waals surface area contributed by atoms with Crippen LogP contribution < -0.4 is 5.32 Å². The highest BCUT2D eigenvalue weighted by atomic mass is 35.5. The quantitative estimate of drug-likeness (QED) is 0.762. The highest BCUT2D eigenvalue weighted by Crippen LogP contribution is 2.23. The molecule has 7 heteroatoms. The van der Waals surface area contributed by atoms with E-state index in [1.54, 1.807) is 36.4 Å². The van der Waals surface area contributed by atoms with Gasteiger partial charge in [-0.3, -0.25) is 9.69 Å². The number of rotatable bonds is 5. The summed E-state index contributed by atoms with van der Waals surface area (Å²) in [5.41, 5.74) is 1.56. The molecule has 148 valence electrons. The number of methoxy groups -OCH3 is 1. The van der Waals surface area contributed by atoms with Crippen molar-refractivity contribution >= 4 is 29.2 Å². The molecule has 1 N–H and O–H groups in total. The van der Waals surface area contributed by atoms with Crippen molar-refractivity contribution in [2.24, 2.45) is 5.92 Å². The lowest BCUT2D eigenvalue weighted by atomic mass is 9.95. The summed E-state index contributed by atoms with van der Waals surface area (Å²) >= 11 is 5.79. The second-order valence-corrected chi connectivity index (χ2v) is 7.28. The van der Waals surface area contributed by atoms with E-state index < -0.39 is 5.97 Å². The zero-order chi connectivity index (χ0) is 20.1. The van der Waals surface area contributed by atoms with E-state index in [2.05, 4.69) is 10.2 Å². The van der Waals surface area contributed by atoms with E-state index in [0.29, 0.717) is 54.3 Å². The Morgan fingerprint density at radius 1 is 1.21 bits per heavy atom. The number of amides is 1. The summed E-state index contributed by atoms with van der Waals surface area (Å²) in [6, 6.07) is 11.4. The second-order valence-electron chi connectivity index (χ2n) is 6.85. The molecule has 0 spiro atoms. The zero-order valence-corrected chi connectivity index (χ0v) is 16.3. The summed E-state index contributed by atoms with van der Waals surface area (Å²) in [4.78, 5) is 26.3. The number of halogens is 2. The predicted octanol–water partition coefficient (Wildman–Crippen LogP) is 4.12. The molecule has 1 saturated heterocycles. The molecular formula is C21H22ClFN2O3. The van der Waals surface area contributed by atoms with E-state index in [1.165, 1.54) is 13.2 Å². The van der Waals surface area contributed by atoms with Gasteiger partial charge in [0.2, 0.25) is 5.91 Å². The van der Waals surface area contributed by atoms with Crippen LogP contribution in [0.15, 0.2) is 42.5 Å². The number of carbonyl (C=O) groups excluding carboxylic acids is 2. The van der Waals surface area contributed by atoms with E-state index in [0.717, 1.165) is 0 Å². The molecule has 5 nitrogen and oxygen atoms in total. The number of esters is 1. The largest absolute Gasteiger partial charge is 0.465 e. The van der Waals surface area contributed by atoms with Crippen molar-refractivity contribution < 1.29 is 18.7 Å². The molecule has 1 heterocycles. The molecule has 0 aromatic heterocycles. The first-order valence-electron chi connectivity index (χ1n) is 9.12. The molecule has 1 aliphatic rings. The fourth-order valence-electron chi connectivity index (χ4n) is 3.33. The molecular weight excluding hydrogens is 383 g/mol. The average molecular weight is 405 g/mol. The summed E-state index contributed by atoms with van der Waals surface area (Å²) in [7, 11) is 1.32. The summed E-state index contributed by atoms with van der Waals surface area (Å²) in [5, 5.41) is 3.25. The molecule has 3 rings (SSSR count). The maximum absolute atomic E-state index is 14.0. The Balaban J connectivity index is 1.53. The summed E-state index contributed by atoms with van der Waals surface area (Å²) < 4.78 is 18.7. The number of likely N-dealkylation sites (tertiary alicyclic amines) is 1. The van der Waals surface area contributed by atoms with Crippen LogP contribution in [0.2, 0.25) is 5.02 Å². The van der Waals surface area contributed by atoms with Crippen molar-refractivity contribution in [3.63, 3.8) is 0 Å². The SMILES string of the molecule is COC(=O)c1cccc(NC(=O)C2CCN(Cc3ccc(Cl)cc3F)CC2)c1. The molecule has 2 aromatic carbocycles. The number of hydrogen-bond donors (Lipinski definition) is 1. The normalized spacial score (nSPS) is 15.2. The monoisotopic (exact) mass is 404 g/mol. The van der Waals surface area contributed by atoms with Crippen LogP contribution in [-0.2, 0) is 16.1 Å². The average Bonchev–Trinajstić information content (AvgIpc) is 2.70. The van der Waals surface area contributed by atoms with Gasteiger partial charge >= 0.3 is 5.97 Å². The van der Waals surface area contributed by atoms with Gasteiger partial charge in [-0.15, -0.1) is 0 Å². The molecule has 0 bridgehead atoms. The first-order valence-corrected chi connectivity index (χ1v) is 9.49. The number of anilines is 1. The molecule has 2 aromatic rings. The topological polar surface area (TPSA) is 58.6 Å². The van der Waals surface area contributed by atoms with Crippen LogP contribution in [0.3, 0.4) is 0 Å². The third-order valence-electron chi connectivity index (χ3n) is 4.92. The molecule has 0 unspecified atom stereocenters. The number of nitrogens with one attached hydrogen (secondary N) is 1. The third-order valence-corrected chi connectivity index (χ3v) is 5.15. The van der Waals surface area contributed by atoms with E-state index in [4.69, 9.17) is 16.3 Å². The van der Waals surface area contributed by atoms with Crippen LogP contribution in [0.5, 0.6) is 0 Å². The number of benzene rings is 2. The first kappa shape index (κ1) is 20.3.